The van der Waals surface area contributed by atoms with E-state index in [1.54, 1.807) is 68.8 Å². The molecule has 2 unspecified atom stereocenters. The Labute approximate surface area is 624 Å². The van der Waals surface area contributed by atoms with Crippen molar-refractivity contribution in [3.63, 3.8) is 0 Å². The minimum atomic E-state index is -2.42. The van der Waals surface area contributed by atoms with E-state index in [1.807, 2.05) is 90.9 Å². The van der Waals surface area contributed by atoms with Crippen molar-refractivity contribution in [2.75, 3.05) is 66.9 Å². The van der Waals surface area contributed by atoms with Crippen molar-refractivity contribution in [1.82, 2.24) is 51.5 Å². The van der Waals surface area contributed by atoms with Gasteiger partial charge in [0.15, 0.2) is 0 Å². The molecular weight excluding hydrogens is 1400 g/mol. The van der Waals surface area contributed by atoms with Crippen LogP contribution in [0.3, 0.4) is 0 Å². The molecule has 0 bridgehead atoms. The second-order valence-corrected chi connectivity index (χ2v) is 29.2. The molecule has 0 spiro atoms. The van der Waals surface area contributed by atoms with Crippen LogP contribution in [0.25, 0.3) is 0 Å². The molecule has 13 atom stereocenters. The molecular formula is C76H111F5N12O14. The summed E-state index contributed by atoms with van der Waals surface area (Å²) in [4.78, 5) is 157. The van der Waals surface area contributed by atoms with Gasteiger partial charge in [0.2, 0.25) is 88.0 Å². The zero-order chi connectivity index (χ0) is 79.8. The molecule has 31 heteroatoms. The first-order valence-electron chi connectivity index (χ1n) is 36.7. The van der Waals surface area contributed by atoms with E-state index in [9.17, 15) is 74.7 Å². The van der Waals surface area contributed by atoms with Crippen LogP contribution in [-0.2, 0) is 70.3 Å². The molecule has 2 aliphatic rings. The number of nitrogens with one attached hydrogen (secondary N) is 7. The second kappa shape index (κ2) is 42.1. The van der Waals surface area contributed by atoms with E-state index in [0.29, 0.717) is 37.9 Å². The number of methoxy groups -OCH3 is 2. The Bertz CT molecular complexity index is 3500. The summed E-state index contributed by atoms with van der Waals surface area (Å²) in [5.41, 5.74) is 7.13. The smallest absolute Gasteiger partial charge is 0.314 e. The first-order chi connectivity index (χ1) is 50.5. The number of likely N-dealkylation sites (N-methyl/N-ethyl adjacent to an activating group) is 2. The third-order valence-electron chi connectivity index (χ3n) is 20.1. The Kier molecular flexibility index (Phi) is 34.9. The zero-order valence-electron chi connectivity index (χ0n) is 64.2. The monoisotopic (exact) mass is 1510 g/mol. The normalized spacial score (nSPS) is 18.0. The Morgan fingerprint density at radius 2 is 1.24 bits per heavy atom. The van der Waals surface area contributed by atoms with Crippen molar-refractivity contribution in [1.29, 1.82) is 0 Å². The number of halogens is 5. The number of hydrogen-bond acceptors (Lipinski definition) is 15. The molecule has 0 aliphatic carbocycles. The van der Waals surface area contributed by atoms with Crippen LogP contribution in [-0.4, -0.2) is 207 Å². The van der Waals surface area contributed by atoms with Crippen LogP contribution in [0.5, 0.6) is 5.75 Å². The fourth-order valence-electron chi connectivity index (χ4n) is 14.0. The van der Waals surface area contributed by atoms with Crippen LogP contribution >= 0.6 is 0 Å². The molecule has 2 saturated heterocycles. The van der Waals surface area contributed by atoms with Gasteiger partial charge in [-0.3, -0.25) is 52.8 Å². The molecule has 2 fully saturated rings. The zero-order valence-corrected chi connectivity index (χ0v) is 64.2. The lowest BCUT2D eigenvalue weighted by atomic mass is 9.89. The number of likely N-dealkylation sites (tertiary alicyclic amines) is 2. The van der Waals surface area contributed by atoms with E-state index in [2.05, 4.69) is 42.0 Å². The molecule has 2 aliphatic heterocycles. The van der Waals surface area contributed by atoms with Crippen LogP contribution in [0, 0.1) is 64.6 Å². The molecule has 3 aromatic rings. The lowest BCUT2D eigenvalue weighted by molar-refractivity contribution is -0.148. The summed E-state index contributed by atoms with van der Waals surface area (Å²) in [6.45, 7) is 18.7. The first kappa shape index (κ1) is 88.8. The summed E-state index contributed by atoms with van der Waals surface area (Å²) in [7, 11) is 8.34. The Balaban J connectivity index is 1.18. The van der Waals surface area contributed by atoms with E-state index in [4.69, 9.17) is 15.2 Å². The number of anilines is 1. The van der Waals surface area contributed by atoms with E-state index < -0.39 is 167 Å². The quantitative estimate of drug-likeness (QED) is 0.00761. The highest BCUT2D eigenvalue weighted by Gasteiger charge is 2.45. The van der Waals surface area contributed by atoms with E-state index >= 15 is 0 Å². The average molecular weight is 1510 g/mol. The largest absolute Gasteiger partial charge is 0.420 e. The number of carbonyl (C=O) groups excluding carboxylic acids is 11. The highest BCUT2D eigenvalue weighted by atomic mass is 19.2. The van der Waals surface area contributed by atoms with Gasteiger partial charge in [-0.1, -0.05) is 111 Å². The van der Waals surface area contributed by atoms with Gasteiger partial charge in [0, 0.05) is 78.4 Å². The van der Waals surface area contributed by atoms with Crippen molar-refractivity contribution >= 4 is 70.9 Å². The number of piperidine rings is 1. The predicted octanol–water partition coefficient (Wildman–Crippen LogP) is 6.44. The van der Waals surface area contributed by atoms with Crippen molar-refractivity contribution in [2.45, 2.75) is 207 Å². The summed E-state index contributed by atoms with van der Waals surface area (Å²) in [5.74, 6) is -21.8. The highest BCUT2D eigenvalue weighted by Crippen LogP contribution is 2.34. The van der Waals surface area contributed by atoms with Crippen LogP contribution in [0.4, 0.5) is 32.4 Å². The molecule has 26 nitrogen and oxygen atoms in total. The van der Waals surface area contributed by atoms with Gasteiger partial charge >= 0.3 is 12.0 Å². The van der Waals surface area contributed by atoms with Gasteiger partial charge in [-0.05, 0) is 113 Å². The minimum absolute atomic E-state index is 0.00559. The standard InChI is InChI=1S/C76H111F5N12O14/c1-16-44(8)66(91(13)74(102)64(42(4)5)89-73(101)65(43(6)7)90(11)12)54(105-14)40-57(96)93-36-21-25-53(93)67(106-15)46(10)69(97)87-52(39-48-22-18-17-19-23-48)70(98)83-35-32-47-26-28-50(29-27-47)85-71(99)51(24-20-34-84-76(82)104)86-72(100)63(41(2)3)88-55(94)30-31-56(95)92-37-33-49(38-45(92)9)75(103)107-68-61(80)59(78)58(77)60(79)62(68)81/h17-19,22-23,26-29,41-46,49,51-54,63-67H,16,20-21,24-25,30-40H2,1-15H3,(H,83,98)(H,85,99)(H,86,100)(H,87,97)(H,88,94)(H,89,101)(H3,82,84,104)/t44-,45?,46+,49?,51-,52-,53-,54+,63-,64-,65-,66-,67+/m0/s1. The van der Waals surface area contributed by atoms with Gasteiger partial charge in [0.05, 0.1) is 48.6 Å². The van der Waals surface area contributed by atoms with E-state index in [-0.39, 0.29) is 100 Å². The molecule has 594 valence electrons. The molecule has 0 radical (unpaired) electrons. The number of carbonyl (C=O) groups is 11. The molecule has 0 aromatic heterocycles. The average Bonchev–Trinajstić information content (AvgIpc) is 1.73. The van der Waals surface area contributed by atoms with Crippen molar-refractivity contribution in [3.8, 4) is 5.75 Å². The molecule has 2 heterocycles. The number of nitrogens with two attached hydrogens (primary N) is 1. The second-order valence-electron chi connectivity index (χ2n) is 29.2. The Hall–Kier alpha value is -8.84. The first-order valence-corrected chi connectivity index (χ1v) is 36.7. The number of ether oxygens (including phenoxy) is 3. The minimum Gasteiger partial charge on any atom is -0.420 e. The van der Waals surface area contributed by atoms with Gasteiger partial charge in [0.25, 0.3) is 0 Å². The van der Waals surface area contributed by atoms with Crippen LogP contribution < -0.4 is 47.7 Å². The van der Waals surface area contributed by atoms with Crippen LogP contribution in [0.1, 0.15) is 145 Å². The van der Waals surface area contributed by atoms with Gasteiger partial charge in [0.1, 0.15) is 24.2 Å². The van der Waals surface area contributed by atoms with Crippen molar-refractivity contribution in [3.05, 3.63) is 94.8 Å². The molecule has 107 heavy (non-hydrogen) atoms. The number of benzene rings is 3. The predicted molar refractivity (Wildman–Crippen MR) is 390 cm³/mol. The van der Waals surface area contributed by atoms with Gasteiger partial charge in [-0.25, -0.2) is 18.0 Å². The number of nitrogens with zero attached hydrogens (tertiary/aromatic N) is 4. The maximum Gasteiger partial charge on any atom is 0.314 e. The fraction of sp³-hybridized carbons (Fsp3) is 0.618. The van der Waals surface area contributed by atoms with Gasteiger partial charge in [-0.2, -0.15) is 8.78 Å². The van der Waals surface area contributed by atoms with E-state index in [0.717, 1.165) is 11.1 Å². The fourth-order valence-corrected chi connectivity index (χ4v) is 14.0. The lowest BCUT2D eigenvalue weighted by Crippen LogP contribution is -2.59. The van der Waals surface area contributed by atoms with Crippen LogP contribution in [0.2, 0.25) is 0 Å². The molecule has 0 saturated carbocycles. The number of rotatable bonds is 39. The maximum absolute atomic E-state index is 14.6. The van der Waals surface area contributed by atoms with Gasteiger partial charge < -0.3 is 71.9 Å². The summed E-state index contributed by atoms with van der Waals surface area (Å²) >= 11 is 0. The Morgan fingerprint density at radius 1 is 0.626 bits per heavy atom. The number of primary amides is 1. The van der Waals surface area contributed by atoms with E-state index in [1.165, 1.54) is 19.1 Å². The molecule has 9 N–H and O–H groups in total. The van der Waals surface area contributed by atoms with Gasteiger partial charge in [-0.15, -0.1) is 0 Å². The Morgan fingerprint density at radius 3 is 1.80 bits per heavy atom. The topological polar surface area (TPSA) is 339 Å². The molecule has 3 aromatic carbocycles. The van der Waals surface area contributed by atoms with Crippen molar-refractivity contribution in [2.24, 2.45) is 41.2 Å². The molecule has 11 amide bonds. The summed E-state index contributed by atoms with van der Waals surface area (Å²) in [6, 6.07) is 8.54. The third-order valence-corrected chi connectivity index (χ3v) is 20.1. The molecule has 5 rings (SSSR count). The SMILES string of the molecule is CC[C@H](C)[C@@H]([C@@H](CC(=O)N1CCC[C@H]1[C@H](OC)[C@@H](C)C(=O)N[C@@H](Cc1ccccc1)C(=O)NCCc1ccc(NC(=O)[C@H](CCCNC(N)=O)NC(=O)[C@@H](NC(=O)CCC(=O)N2CCC(C(=O)Oc3c(F)c(F)c(F)c(F)c3F)CC2C)C(C)C)cc1)OC)N(C)C(=O)[C@@H](NC(=O)[C@H](C(C)C)N(C)C)C(C)C. The summed E-state index contributed by atoms with van der Waals surface area (Å²) < 4.78 is 86.3. The summed E-state index contributed by atoms with van der Waals surface area (Å²) in [5, 5.41) is 19.5. The highest BCUT2D eigenvalue weighted by molar-refractivity contribution is 5.99. The number of urea groups is 1. The maximum atomic E-state index is 14.6. The van der Waals surface area contributed by atoms with Crippen molar-refractivity contribution < 1.29 is 88.9 Å². The number of amides is 11. The van der Waals surface area contributed by atoms with Crippen LogP contribution in [0.15, 0.2) is 54.6 Å². The summed E-state index contributed by atoms with van der Waals surface area (Å²) in [6.07, 6.45) is -0.0804. The third kappa shape index (κ3) is 24.9. The lowest BCUT2D eigenvalue weighted by Gasteiger charge is -2.41. The number of esters is 1. The number of hydrogen-bond donors (Lipinski definition) is 8.